The van der Waals surface area contributed by atoms with E-state index in [1.807, 2.05) is 37.4 Å². The van der Waals surface area contributed by atoms with E-state index in [0.717, 1.165) is 23.6 Å². The standard InChI is InChI=1S/C17H19ClN2O/c1-2-21-17-8-7-13(11-19-17)20-14-9-12(10-14)15-5-3-4-6-16(15)18/h3-8,11-12,14,20H,2,9-10H2,1H3. The fourth-order valence-electron chi connectivity index (χ4n) is 2.73. The summed E-state index contributed by atoms with van der Waals surface area (Å²) in [6.45, 7) is 2.60. The van der Waals surface area contributed by atoms with Gasteiger partial charge in [-0.05, 0) is 43.4 Å². The fourth-order valence-corrected chi connectivity index (χ4v) is 3.02. The summed E-state index contributed by atoms with van der Waals surface area (Å²) in [5.74, 6) is 1.23. The zero-order valence-corrected chi connectivity index (χ0v) is 12.8. The molecule has 1 fully saturated rings. The maximum Gasteiger partial charge on any atom is 0.213 e. The molecule has 0 spiro atoms. The molecule has 3 nitrogen and oxygen atoms in total. The van der Waals surface area contributed by atoms with Gasteiger partial charge >= 0.3 is 0 Å². The van der Waals surface area contributed by atoms with Crippen molar-refractivity contribution in [3.05, 3.63) is 53.2 Å². The summed E-state index contributed by atoms with van der Waals surface area (Å²) in [5, 5.41) is 4.38. The van der Waals surface area contributed by atoms with E-state index in [4.69, 9.17) is 16.3 Å². The van der Waals surface area contributed by atoms with Crippen molar-refractivity contribution in [1.29, 1.82) is 0 Å². The topological polar surface area (TPSA) is 34.1 Å². The van der Waals surface area contributed by atoms with Gasteiger partial charge in [0.1, 0.15) is 0 Å². The lowest BCUT2D eigenvalue weighted by molar-refractivity contribution is 0.327. The minimum absolute atomic E-state index is 0.492. The van der Waals surface area contributed by atoms with Gasteiger partial charge in [-0.1, -0.05) is 29.8 Å². The van der Waals surface area contributed by atoms with Gasteiger partial charge in [0, 0.05) is 17.1 Å². The highest BCUT2D eigenvalue weighted by molar-refractivity contribution is 6.31. The molecule has 110 valence electrons. The molecule has 1 aliphatic rings. The summed E-state index contributed by atoms with van der Waals surface area (Å²) in [6.07, 6.45) is 4.04. The van der Waals surface area contributed by atoms with E-state index < -0.39 is 0 Å². The first kappa shape index (κ1) is 14.2. The molecule has 1 aliphatic carbocycles. The van der Waals surface area contributed by atoms with Crippen molar-refractivity contribution in [2.45, 2.75) is 31.7 Å². The SMILES string of the molecule is CCOc1ccc(NC2CC(c3ccccc3Cl)C2)cn1. The third kappa shape index (κ3) is 3.30. The number of hydrogen-bond donors (Lipinski definition) is 1. The van der Waals surface area contributed by atoms with E-state index >= 15 is 0 Å². The molecular weight excluding hydrogens is 284 g/mol. The van der Waals surface area contributed by atoms with E-state index in [2.05, 4.69) is 22.4 Å². The Morgan fingerprint density at radius 3 is 2.71 bits per heavy atom. The van der Waals surface area contributed by atoms with E-state index in [1.165, 1.54) is 5.56 Å². The molecular formula is C17H19ClN2O. The fraction of sp³-hybridized carbons (Fsp3) is 0.353. The van der Waals surface area contributed by atoms with Crippen molar-refractivity contribution in [3.63, 3.8) is 0 Å². The van der Waals surface area contributed by atoms with Crippen LogP contribution < -0.4 is 10.1 Å². The van der Waals surface area contributed by atoms with Crippen molar-refractivity contribution >= 4 is 17.3 Å². The maximum atomic E-state index is 6.24. The normalized spacial score (nSPS) is 20.7. The summed E-state index contributed by atoms with van der Waals surface area (Å²) in [5.41, 5.74) is 2.31. The molecule has 1 heterocycles. The number of halogens is 1. The maximum absolute atomic E-state index is 6.24. The van der Waals surface area contributed by atoms with Crippen LogP contribution in [0.5, 0.6) is 5.88 Å². The first-order valence-corrected chi connectivity index (χ1v) is 7.74. The zero-order valence-electron chi connectivity index (χ0n) is 12.1. The average Bonchev–Trinajstić information content (AvgIpc) is 2.46. The number of ether oxygens (including phenoxy) is 1. The molecule has 0 amide bonds. The lowest BCUT2D eigenvalue weighted by atomic mass is 9.76. The second kappa shape index (κ2) is 6.35. The number of hydrogen-bond acceptors (Lipinski definition) is 3. The van der Waals surface area contributed by atoms with Crippen LogP contribution in [0.2, 0.25) is 5.02 Å². The second-order valence-corrected chi connectivity index (χ2v) is 5.76. The number of nitrogens with zero attached hydrogens (tertiary/aromatic N) is 1. The molecule has 1 aromatic heterocycles. The highest BCUT2D eigenvalue weighted by atomic mass is 35.5. The van der Waals surface area contributed by atoms with Gasteiger partial charge < -0.3 is 10.1 Å². The van der Waals surface area contributed by atoms with Gasteiger partial charge in [-0.2, -0.15) is 0 Å². The van der Waals surface area contributed by atoms with E-state index in [0.29, 0.717) is 24.4 Å². The molecule has 0 atom stereocenters. The minimum Gasteiger partial charge on any atom is -0.478 e. The van der Waals surface area contributed by atoms with Gasteiger partial charge in [-0.3, -0.25) is 0 Å². The summed E-state index contributed by atoms with van der Waals surface area (Å²) in [4.78, 5) is 4.27. The number of aromatic nitrogens is 1. The van der Waals surface area contributed by atoms with Gasteiger partial charge in [-0.25, -0.2) is 4.98 Å². The molecule has 21 heavy (non-hydrogen) atoms. The minimum atomic E-state index is 0.492. The Kier molecular flexibility index (Phi) is 4.30. The molecule has 0 radical (unpaired) electrons. The van der Waals surface area contributed by atoms with E-state index in [9.17, 15) is 0 Å². The van der Waals surface area contributed by atoms with Gasteiger partial charge in [0.2, 0.25) is 5.88 Å². The van der Waals surface area contributed by atoms with Crippen LogP contribution >= 0.6 is 11.6 Å². The number of rotatable bonds is 5. The Morgan fingerprint density at radius 1 is 1.24 bits per heavy atom. The summed E-state index contributed by atoms with van der Waals surface area (Å²) in [7, 11) is 0. The molecule has 3 rings (SSSR count). The monoisotopic (exact) mass is 302 g/mol. The Balaban J connectivity index is 1.54. The highest BCUT2D eigenvalue weighted by Gasteiger charge is 2.31. The van der Waals surface area contributed by atoms with Crippen molar-refractivity contribution in [2.75, 3.05) is 11.9 Å². The van der Waals surface area contributed by atoms with Crippen LogP contribution in [0.15, 0.2) is 42.6 Å². The summed E-state index contributed by atoms with van der Waals surface area (Å²) >= 11 is 6.24. The molecule has 2 aromatic rings. The number of pyridine rings is 1. The molecule has 1 N–H and O–H groups in total. The Labute approximate surface area is 130 Å². The number of nitrogens with one attached hydrogen (secondary N) is 1. The second-order valence-electron chi connectivity index (χ2n) is 5.35. The van der Waals surface area contributed by atoms with Crippen molar-refractivity contribution in [3.8, 4) is 5.88 Å². The van der Waals surface area contributed by atoms with Gasteiger partial charge in [0.25, 0.3) is 0 Å². The first-order chi connectivity index (χ1) is 10.3. The summed E-state index contributed by atoms with van der Waals surface area (Å²) < 4.78 is 5.34. The third-order valence-electron chi connectivity index (χ3n) is 3.88. The molecule has 4 heteroatoms. The van der Waals surface area contributed by atoms with Crippen LogP contribution in [0.25, 0.3) is 0 Å². The number of anilines is 1. The summed E-state index contributed by atoms with van der Waals surface area (Å²) in [6, 6.07) is 12.5. The Bertz CT molecular complexity index is 594. The van der Waals surface area contributed by atoms with E-state index in [-0.39, 0.29) is 0 Å². The average molecular weight is 303 g/mol. The predicted octanol–water partition coefficient (Wildman–Crippen LogP) is 4.49. The number of benzene rings is 1. The highest BCUT2D eigenvalue weighted by Crippen LogP contribution is 2.41. The molecule has 1 aromatic carbocycles. The molecule has 0 saturated heterocycles. The van der Waals surface area contributed by atoms with Gasteiger partial charge in [-0.15, -0.1) is 0 Å². The molecule has 0 aliphatic heterocycles. The smallest absolute Gasteiger partial charge is 0.213 e. The van der Waals surface area contributed by atoms with E-state index in [1.54, 1.807) is 0 Å². The predicted molar refractivity (Wildman–Crippen MR) is 86.2 cm³/mol. The molecule has 1 saturated carbocycles. The lowest BCUT2D eigenvalue weighted by Gasteiger charge is -2.37. The van der Waals surface area contributed by atoms with Crippen LogP contribution in [0.4, 0.5) is 5.69 Å². The van der Waals surface area contributed by atoms with Crippen LogP contribution in [0.1, 0.15) is 31.2 Å². The van der Waals surface area contributed by atoms with Gasteiger partial charge in [0.15, 0.2) is 0 Å². The van der Waals surface area contributed by atoms with Crippen molar-refractivity contribution in [2.24, 2.45) is 0 Å². The van der Waals surface area contributed by atoms with Crippen molar-refractivity contribution in [1.82, 2.24) is 4.98 Å². The largest absolute Gasteiger partial charge is 0.478 e. The third-order valence-corrected chi connectivity index (χ3v) is 4.23. The molecule has 0 unspecified atom stereocenters. The van der Waals surface area contributed by atoms with Crippen LogP contribution in [-0.2, 0) is 0 Å². The van der Waals surface area contributed by atoms with Crippen molar-refractivity contribution < 1.29 is 4.74 Å². The quantitative estimate of drug-likeness (QED) is 0.883. The van der Waals surface area contributed by atoms with Crippen LogP contribution in [-0.4, -0.2) is 17.6 Å². The zero-order chi connectivity index (χ0) is 14.7. The van der Waals surface area contributed by atoms with Crippen LogP contribution in [0.3, 0.4) is 0 Å². The van der Waals surface area contributed by atoms with Gasteiger partial charge in [0.05, 0.1) is 18.5 Å². The Morgan fingerprint density at radius 2 is 2.05 bits per heavy atom. The molecule has 0 bridgehead atoms. The Hall–Kier alpha value is -1.74. The lowest BCUT2D eigenvalue weighted by Crippen LogP contribution is -2.34. The van der Waals surface area contributed by atoms with Crippen LogP contribution in [0, 0.1) is 0 Å². The first-order valence-electron chi connectivity index (χ1n) is 7.36.